The SMILES string of the molecule is CCc1ccc2c(F)ccc(C(O)c3ncc(C)[nH]3)n12. The van der Waals surface area contributed by atoms with Gasteiger partial charge >= 0.3 is 0 Å². The van der Waals surface area contributed by atoms with Crippen LogP contribution in [0.5, 0.6) is 0 Å². The fourth-order valence-corrected chi connectivity index (χ4v) is 2.49. The van der Waals surface area contributed by atoms with Crippen molar-refractivity contribution in [3.63, 3.8) is 0 Å². The zero-order chi connectivity index (χ0) is 14.3. The summed E-state index contributed by atoms with van der Waals surface area (Å²) in [6, 6.07) is 6.59. The lowest BCUT2D eigenvalue weighted by molar-refractivity contribution is 0.204. The van der Waals surface area contributed by atoms with E-state index >= 15 is 0 Å². The molecule has 4 nitrogen and oxygen atoms in total. The average Bonchev–Trinajstić information content (AvgIpc) is 3.05. The van der Waals surface area contributed by atoms with Gasteiger partial charge in [0.15, 0.2) is 6.10 Å². The first-order chi connectivity index (χ1) is 9.61. The number of aromatic amines is 1. The number of aliphatic hydroxyl groups is 1. The van der Waals surface area contributed by atoms with Crippen molar-refractivity contribution in [2.24, 2.45) is 0 Å². The molecule has 3 rings (SSSR count). The number of aliphatic hydroxyl groups excluding tert-OH is 1. The number of pyridine rings is 1. The molecule has 0 bridgehead atoms. The minimum absolute atomic E-state index is 0.295. The van der Waals surface area contributed by atoms with Crippen LogP contribution in [0, 0.1) is 12.7 Å². The van der Waals surface area contributed by atoms with Gasteiger partial charge in [0.05, 0.1) is 11.2 Å². The Labute approximate surface area is 115 Å². The van der Waals surface area contributed by atoms with E-state index in [-0.39, 0.29) is 5.82 Å². The minimum atomic E-state index is -0.913. The van der Waals surface area contributed by atoms with E-state index in [9.17, 15) is 9.50 Å². The van der Waals surface area contributed by atoms with Crippen molar-refractivity contribution in [3.8, 4) is 0 Å². The smallest absolute Gasteiger partial charge is 0.152 e. The molecule has 0 spiro atoms. The van der Waals surface area contributed by atoms with Gasteiger partial charge in [-0.1, -0.05) is 6.92 Å². The Morgan fingerprint density at radius 3 is 2.80 bits per heavy atom. The molecule has 2 N–H and O–H groups in total. The summed E-state index contributed by atoms with van der Waals surface area (Å²) >= 11 is 0. The lowest BCUT2D eigenvalue weighted by Crippen LogP contribution is -2.10. The molecule has 0 saturated carbocycles. The summed E-state index contributed by atoms with van der Waals surface area (Å²) < 4.78 is 15.6. The predicted molar refractivity (Wildman–Crippen MR) is 74.1 cm³/mol. The number of rotatable bonds is 3. The Hall–Kier alpha value is -2.14. The normalized spacial score (nSPS) is 13.0. The van der Waals surface area contributed by atoms with Gasteiger partial charge in [-0.05, 0) is 37.6 Å². The van der Waals surface area contributed by atoms with Crippen molar-refractivity contribution in [2.45, 2.75) is 26.4 Å². The summed E-state index contributed by atoms with van der Waals surface area (Å²) in [5.74, 6) is 0.169. The van der Waals surface area contributed by atoms with Crippen molar-refractivity contribution < 1.29 is 9.50 Å². The molecule has 0 saturated heterocycles. The predicted octanol–water partition coefficient (Wildman–Crippen LogP) is 2.75. The number of imidazole rings is 1. The standard InChI is InChI=1S/C15H16FN3O/c1-3-10-4-6-12-11(16)5-7-13(19(10)12)14(20)15-17-8-9(2)18-15/h4-8,14,20H,3H2,1-2H3,(H,17,18). The highest BCUT2D eigenvalue weighted by Gasteiger charge is 2.19. The zero-order valence-electron chi connectivity index (χ0n) is 11.4. The Morgan fingerprint density at radius 1 is 1.35 bits per heavy atom. The molecule has 1 unspecified atom stereocenters. The minimum Gasteiger partial charge on any atom is -0.379 e. The fourth-order valence-electron chi connectivity index (χ4n) is 2.49. The van der Waals surface area contributed by atoms with Gasteiger partial charge in [0.2, 0.25) is 0 Å². The molecule has 0 fully saturated rings. The molecule has 0 radical (unpaired) electrons. The quantitative estimate of drug-likeness (QED) is 0.771. The van der Waals surface area contributed by atoms with Gasteiger partial charge in [0.25, 0.3) is 0 Å². The molecule has 0 aliphatic rings. The largest absolute Gasteiger partial charge is 0.379 e. The van der Waals surface area contributed by atoms with Gasteiger partial charge in [-0.2, -0.15) is 0 Å². The molecule has 0 aliphatic carbocycles. The van der Waals surface area contributed by atoms with Crippen LogP contribution in [0.2, 0.25) is 0 Å². The van der Waals surface area contributed by atoms with Crippen LogP contribution in [0.25, 0.3) is 5.52 Å². The molecule has 5 heteroatoms. The molecule has 3 aromatic rings. The number of hydrogen-bond acceptors (Lipinski definition) is 2. The van der Waals surface area contributed by atoms with E-state index in [1.165, 1.54) is 6.07 Å². The monoisotopic (exact) mass is 273 g/mol. The van der Waals surface area contributed by atoms with Crippen LogP contribution < -0.4 is 0 Å². The third kappa shape index (κ3) is 1.91. The number of H-pyrrole nitrogens is 1. The highest BCUT2D eigenvalue weighted by molar-refractivity contribution is 5.53. The molecular formula is C15H16FN3O. The van der Waals surface area contributed by atoms with E-state index in [0.29, 0.717) is 17.0 Å². The summed E-state index contributed by atoms with van der Waals surface area (Å²) in [6.45, 7) is 3.87. The fraction of sp³-hybridized carbons (Fsp3) is 0.267. The van der Waals surface area contributed by atoms with Crippen LogP contribution in [-0.2, 0) is 6.42 Å². The van der Waals surface area contributed by atoms with E-state index in [1.807, 2.05) is 19.9 Å². The van der Waals surface area contributed by atoms with Crippen LogP contribution >= 0.6 is 0 Å². The van der Waals surface area contributed by atoms with Crippen LogP contribution in [0.1, 0.15) is 35.9 Å². The third-order valence-corrected chi connectivity index (χ3v) is 3.49. The molecule has 3 aromatic heterocycles. The lowest BCUT2D eigenvalue weighted by atomic mass is 10.2. The van der Waals surface area contributed by atoms with Crippen molar-refractivity contribution >= 4 is 5.52 Å². The van der Waals surface area contributed by atoms with Crippen LogP contribution in [0.15, 0.2) is 30.5 Å². The molecule has 1 atom stereocenters. The first-order valence-corrected chi connectivity index (χ1v) is 6.60. The topological polar surface area (TPSA) is 53.3 Å². The number of nitrogens with one attached hydrogen (secondary N) is 1. The molecular weight excluding hydrogens is 257 g/mol. The van der Waals surface area contributed by atoms with Crippen molar-refractivity contribution in [3.05, 3.63) is 59.2 Å². The van der Waals surface area contributed by atoms with Crippen LogP contribution in [0.4, 0.5) is 4.39 Å². The number of fused-ring (bicyclic) bond motifs is 1. The first kappa shape index (κ1) is 12.9. The molecule has 0 amide bonds. The van der Waals surface area contributed by atoms with E-state index in [0.717, 1.165) is 17.8 Å². The Balaban J connectivity index is 2.20. The summed E-state index contributed by atoms with van der Waals surface area (Å²) in [5, 5.41) is 10.5. The summed E-state index contributed by atoms with van der Waals surface area (Å²) in [4.78, 5) is 7.16. The second kappa shape index (κ2) is 4.76. The van der Waals surface area contributed by atoms with E-state index in [2.05, 4.69) is 9.97 Å². The van der Waals surface area contributed by atoms with Gasteiger partial charge in [-0.25, -0.2) is 9.37 Å². The van der Waals surface area contributed by atoms with Crippen molar-refractivity contribution in [1.29, 1.82) is 0 Å². The van der Waals surface area contributed by atoms with E-state index in [4.69, 9.17) is 0 Å². The summed E-state index contributed by atoms with van der Waals surface area (Å²) in [7, 11) is 0. The molecule has 0 aliphatic heterocycles. The van der Waals surface area contributed by atoms with Gasteiger partial charge in [-0.15, -0.1) is 0 Å². The van der Waals surface area contributed by atoms with E-state index < -0.39 is 6.10 Å². The van der Waals surface area contributed by atoms with E-state index in [1.54, 1.807) is 22.7 Å². The number of aromatic nitrogens is 3. The number of nitrogens with zero attached hydrogens (tertiary/aromatic N) is 2. The maximum absolute atomic E-state index is 13.9. The van der Waals surface area contributed by atoms with Gasteiger partial charge in [0.1, 0.15) is 11.6 Å². The lowest BCUT2D eigenvalue weighted by Gasteiger charge is -2.14. The second-order valence-corrected chi connectivity index (χ2v) is 4.86. The number of halogens is 1. The second-order valence-electron chi connectivity index (χ2n) is 4.86. The maximum Gasteiger partial charge on any atom is 0.152 e. The highest BCUT2D eigenvalue weighted by atomic mass is 19.1. The van der Waals surface area contributed by atoms with Gasteiger partial charge in [0, 0.05) is 17.6 Å². The summed E-state index contributed by atoms with van der Waals surface area (Å²) in [5.41, 5.74) is 2.91. The summed E-state index contributed by atoms with van der Waals surface area (Å²) in [6.07, 6.45) is 1.51. The zero-order valence-corrected chi connectivity index (χ0v) is 11.4. The number of hydrogen-bond donors (Lipinski definition) is 2. The van der Waals surface area contributed by atoms with Gasteiger partial charge in [-0.3, -0.25) is 0 Å². The highest BCUT2D eigenvalue weighted by Crippen LogP contribution is 2.25. The Morgan fingerprint density at radius 2 is 2.15 bits per heavy atom. The molecule has 104 valence electrons. The maximum atomic E-state index is 13.9. The third-order valence-electron chi connectivity index (χ3n) is 3.49. The van der Waals surface area contributed by atoms with Crippen LogP contribution in [0.3, 0.4) is 0 Å². The van der Waals surface area contributed by atoms with Crippen LogP contribution in [-0.4, -0.2) is 19.5 Å². The van der Waals surface area contributed by atoms with Gasteiger partial charge < -0.3 is 14.5 Å². The first-order valence-electron chi connectivity index (χ1n) is 6.60. The molecule has 0 aromatic carbocycles. The molecule has 3 heterocycles. The Kier molecular flexibility index (Phi) is 3.06. The number of aryl methyl sites for hydroxylation is 2. The molecule has 20 heavy (non-hydrogen) atoms. The average molecular weight is 273 g/mol. The van der Waals surface area contributed by atoms with Crippen molar-refractivity contribution in [2.75, 3.05) is 0 Å². The Bertz CT molecular complexity index is 760. The van der Waals surface area contributed by atoms with Crippen molar-refractivity contribution in [1.82, 2.24) is 14.4 Å².